The Hall–Kier alpha value is -1.32. The van der Waals surface area contributed by atoms with Crippen molar-refractivity contribution in [3.8, 4) is 0 Å². The molecule has 0 saturated heterocycles. The Balaban J connectivity index is 3.05. The molecule has 96 valence electrons. The van der Waals surface area contributed by atoms with Crippen molar-refractivity contribution in [1.82, 2.24) is 0 Å². The minimum Gasteiger partial charge on any atom is -0.399 e. The maximum atomic E-state index is 12.9. The van der Waals surface area contributed by atoms with Crippen LogP contribution >= 0.6 is 0 Å². The second-order valence-corrected chi connectivity index (χ2v) is 4.54. The number of nitrogens with one attached hydrogen (secondary N) is 1. The van der Waals surface area contributed by atoms with Crippen LogP contribution in [-0.2, 0) is 0 Å². The molecule has 0 spiro atoms. The van der Waals surface area contributed by atoms with Crippen molar-refractivity contribution in [3.63, 3.8) is 0 Å². The zero-order valence-electron chi connectivity index (χ0n) is 10.6. The molecule has 2 nitrogen and oxygen atoms in total. The molecular formula is C13H20F2N2. The monoisotopic (exact) mass is 242 g/mol. The molecule has 4 heteroatoms. The highest BCUT2D eigenvalue weighted by Crippen LogP contribution is 2.32. The van der Waals surface area contributed by atoms with E-state index in [1.807, 2.05) is 20.8 Å². The number of halogens is 2. The second kappa shape index (κ2) is 5.34. The first-order valence-corrected chi connectivity index (χ1v) is 5.87. The molecule has 1 aromatic carbocycles. The summed E-state index contributed by atoms with van der Waals surface area (Å²) in [5.41, 5.74) is 6.17. The molecule has 0 bridgehead atoms. The van der Waals surface area contributed by atoms with Gasteiger partial charge in [-0.1, -0.05) is 13.8 Å². The lowest BCUT2D eigenvalue weighted by molar-refractivity contribution is 0.152. The van der Waals surface area contributed by atoms with Crippen molar-refractivity contribution in [1.29, 1.82) is 0 Å². The maximum absolute atomic E-state index is 12.9. The van der Waals surface area contributed by atoms with Gasteiger partial charge in [-0.2, -0.15) is 0 Å². The number of nitrogen functional groups attached to an aromatic ring is 1. The molecular weight excluding hydrogens is 222 g/mol. The van der Waals surface area contributed by atoms with Crippen LogP contribution in [0.5, 0.6) is 0 Å². The first-order valence-electron chi connectivity index (χ1n) is 5.87. The van der Waals surface area contributed by atoms with Crippen molar-refractivity contribution in [2.24, 2.45) is 0 Å². The largest absolute Gasteiger partial charge is 0.399 e. The molecule has 0 saturated carbocycles. The zero-order chi connectivity index (χ0) is 13.1. The fraction of sp³-hybridized carbons (Fsp3) is 0.538. The van der Waals surface area contributed by atoms with E-state index in [9.17, 15) is 8.78 Å². The van der Waals surface area contributed by atoms with Gasteiger partial charge in [-0.3, -0.25) is 0 Å². The molecule has 0 fully saturated rings. The van der Waals surface area contributed by atoms with E-state index in [0.717, 1.165) is 12.8 Å². The summed E-state index contributed by atoms with van der Waals surface area (Å²) in [5, 5.41) is 3.20. The molecule has 1 aromatic rings. The van der Waals surface area contributed by atoms with E-state index in [1.165, 1.54) is 6.07 Å². The van der Waals surface area contributed by atoms with Crippen LogP contribution in [0.15, 0.2) is 18.2 Å². The summed E-state index contributed by atoms with van der Waals surface area (Å²) < 4.78 is 25.8. The third-order valence-corrected chi connectivity index (χ3v) is 3.31. The third-order valence-electron chi connectivity index (χ3n) is 3.31. The van der Waals surface area contributed by atoms with Crippen molar-refractivity contribution in [3.05, 3.63) is 23.8 Å². The van der Waals surface area contributed by atoms with Crippen molar-refractivity contribution < 1.29 is 8.78 Å². The number of rotatable bonds is 5. The molecule has 0 heterocycles. The molecule has 0 radical (unpaired) electrons. The lowest BCUT2D eigenvalue weighted by Crippen LogP contribution is -2.33. The van der Waals surface area contributed by atoms with Gasteiger partial charge >= 0.3 is 0 Å². The summed E-state index contributed by atoms with van der Waals surface area (Å²) >= 11 is 0. The van der Waals surface area contributed by atoms with Gasteiger partial charge in [0, 0.05) is 22.5 Å². The SMILES string of the molecule is CCC(C)(CC)Nc1ccc(N)cc1C(F)F. The first kappa shape index (κ1) is 13.7. The molecule has 3 N–H and O–H groups in total. The van der Waals surface area contributed by atoms with E-state index < -0.39 is 6.43 Å². The van der Waals surface area contributed by atoms with Gasteiger partial charge in [0.25, 0.3) is 6.43 Å². The molecule has 0 aromatic heterocycles. The van der Waals surface area contributed by atoms with Crippen LogP contribution in [0.2, 0.25) is 0 Å². The van der Waals surface area contributed by atoms with Crippen molar-refractivity contribution in [2.75, 3.05) is 11.1 Å². The standard InChI is InChI=1S/C13H20F2N2/c1-4-13(3,5-2)17-11-7-6-9(16)8-10(11)12(14)15/h6-8,12,17H,4-5,16H2,1-3H3. The summed E-state index contributed by atoms with van der Waals surface area (Å²) in [6.07, 6.45) is -0.772. The van der Waals surface area contributed by atoms with E-state index >= 15 is 0 Å². The van der Waals surface area contributed by atoms with E-state index in [-0.39, 0.29) is 11.1 Å². The van der Waals surface area contributed by atoms with Crippen LogP contribution in [0.3, 0.4) is 0 Å². The number of hydrogen-bond donors (Lipinski definition) is 2. The van der Waals surface area contributed by atoms with Gasteiger partial charge in [-0.25, -0.2) is 8.78 Å². The Labute approximate surface area is 101 Å². The Morgan fingerprint density at radius 1 is 1.29 bits per heavy atom. The highest BCUT2D eigenvalue weighted by molar-refractivity contribution is 5.59. The quantitative estimate of drug-likeness (QED) is 0.759. The van der Waals surface area contributed by atoms with Crippen LogP contribution in [0.4, 0.5) is 20.2 Å². The van der Waals surface area contributed by atoms with E-state index in [0.29, 0.717) is 11.4 Å². The minimum absolute atomic E-state index is 0.0295. The van der Waals surface area contributed by atoms with E-state index in [1.54, 1.807) is 12.1 Å². The average Bonchev–Trinajstić information content (AvgIpc) is 2.31. The fourth-order valence-corrected chi connectivity index (χ4v) is 1.63. The topological polar surface area (TPSA) is 38.0 Å². The lowest BCUT2D eigenvalue weighted by atomic mass is 9.94. The van der Waals surface area contributed by atoms with E-state index in [4.69, 9.17) is 5.73 Å². The number of alkyl halides is 2. The highest BCUT2D eigenvalue weighted by Gasteiger charge is 2.22. The number of nitrogens with two attached hydrogens (primary N) is 1. The smallest absolute Gasteiger partial charge is 0.265 e. The summed E-state index contributed by atoms with van der Waals surface area (Å²) in [7, 11) is 0. The van der Waals surface area contributed by atoms with Crippen molar-refractivity contribution in [2.45, 2.75) is 45.6 Å². The molecule has 0 aliphatic carbocycles. The number of hydrogen-bond acceptors (Lipinski definition) is 2. The van der Waals surface area contributed by atoms with Crippen LogP contribution < -0.4 is 11.1 Å². The molecule has 0 amide bonds. The predicted octanol–water partition coefficient (Wildman–Crippen LogP) is 4.20. The number of benzene rings is 1. The summed E-state index contributed by atoms with van der Waals surface area (Å²) in [5.74, 6) is 0. The van der Waals surface area contributed by atoms with Crippen LogP contribution in [0.25, 0.3) is 0 Å². The molecule has 1 rings (SSSR count). The van der Waals surface area contributed by atoms with Crippen LogP contribution in [0.1, 0.15) is 45.6 Å². The summed E-state index contributed by atoms with van der Waals surface area (Å²) in [6, 6.07) is 4.60. The molecule has 0 aliphatic rings. The third kappa shape index (κ3) is 3.32. The average molecular weight is 242 g/mol. The lowest BCUT2D eigenvalue weighted by Gasteiger charge is -2.30. The summed E-state index contributed by atoms with van der Waals surface area (Å²) in [4.78, 5) is 0. The van der Waals surface area contributed by atoms with Crippen LogP contribution in [-0.4, -0.2) is 5.54 Å². The Bertz CT molecular complexity index is 374. The fourth-order valence-electron chi connectivity index (χ4n) is 1.63. The Kier molecular flexibility index (Phi) is 4.32. The number of anilines is 2. The van der Waals surface area contributed by atoms with Gasteiger partial charge in [0.15, 0.2) is 0 Å². The summed E-state index contributed by atoms with van der Waals surface area (Å²) in [6.45, 7) is 6.10. The van der Waals surface area contributed by atoms with Gasteiger partial charge in [0.1, 0.15) is 0 Å². The zero-order valence-corrected chi connectivity index (χ0v) is 10.6. The molecule has 17 heavy (non-hydrogen) atoms. The molecule has 0 unspecified atom stereocenters. The normalized spacial score (nSPS) is 11.9. The molecule has 0 atom stereocenters. The van der Waals surface area contributed by atoms with Gasteiger partial charge < -0.3 is 11.1 Å². The highest BCUT2D eigenvalue weighted by atomic mass is 19.3. The Morgan fingerprint density at radius 2 is 1.88 bits per heavy atom. The Morgan fingerprint density at radius 3 is 2.35 bits per heavy atom. The predicted molar refractivity (Wildman–Crippen MR) is 68.4 cm³/mol. The van der Waals surface area contributed by atoms with Gasteiger partial charge in [0.2, 0.25) is 0 Å². The van der Waals surface area contributed by atoms with Gasteiger partial charge in [-0.15, -0.1) is 0 Å². The van der Waals surface area contributed by atoms with Crippen LogP contribution in [0, 0.1) is 0 Å². The van der Waals surface area contributed by atoms with E-state index in [2.05, 4.69) is 5.32 Å². The maximum Gasteiger partial charge on any atom is 0.265 e. The second-order valence-electron chi connectivity index (χ2n) is 4.54. The van der Waals surface area contributed by atoms with Crippen molar-refractivity contribution >= 4 is 11.4 Å². The van der Waals surface area contributed by atoms with Gasteiger partial charge in [0.05, 0.1) is 0 Å². The minimum atomic E-state index is -2.51. The van der Waals surface area contributed by atoms with Gasteiger partial charge in [-0.05, 0) is 38.0 Å². The first-order chi connectivity index (χ1) is 7.91. The molecule has 0 aliphatic heterocycles.